The van der Waals surface area contributed by atoms with Gasteiger partial charge in [0, 0.05) is 12.3 Å². The molecule has 1 N–H and O–H groups in total. The van der Waals surface area contributed by atoms with Gasteiger partial charge in [-0.3, -0.25) is 4.79 Å². The number of sulfone groups is 1. The van der Waals surface area contributed by atoms with E-state index in [2.05, 4.69) is 4.98 Å². The van der Waals surface area contributed by atoms with Gasteiger partial charge in [0.15, 0.2) is 9.84 Å². The summed E-state index contributed by atoms with van der Waals surface area (Å²) in [6.45, 7) is 0. The predicted molar refractivity (Wildman–Crippen MR) is 40.2 cm³/mol. The van der Waals surface area contributed by atoms with Crippen molar-refractivity contribution in [3.8, 4) is 0 Å². The van der Waals surface area contributed by atoms with Crippen molar-refractivity contribution < 1.29 is 8.42 Å². The van der Waals surface area contributed by atoms with Crippen LogP contribution in [-0.4, -0.2) is 19.7 Å². The van der Waals surface area contributed by atoms with Crippen LogP contribution >= 0.6 is 0 Å². The van der Waals surface area contributed by atoms with Crippen LogP contribution in [0.2, 0.25) is 0 Å². The van der Waals surface area contributed by atoms with Crippen LogP contribution < -0.4 is 5.56 Å². The fourth-order valence-electron chi connectivity index (χ4n) is 0.644. The van der Waals surface area contributed by atoms with Crippen molar-refractivity contribution in [1.29, 1.82) is 0 Å². The van der Waals surface area contributed by atoms with Crippen LogP contribution in [-0.2, 0) is 9.84 Å². The van der Waals surface area contributed by atoms with Gasteiger partial charge in [0.2, 0.25) is 5.56 Å². The SMILES string of the molecule is CS(=O)(=O)c1cccc(=O)[nH]1. The van der Waals surface area contributed by atoms with Gasteiger partial charge in [0.05, 0.1) is 0 Å². The molecule has 11 heavy (non-hydrogen) atoms. The minimum absolute atomic E-state index is 0.0509. The zero-order valence-electron chi connectivity index (χ0n) is 5.87. The first-order valence-electron chi connectivity index (χ1n) is 2.89. The van der Waals surface area contributed by atoms with Crippen LogP contribution in [0.1, 0.15) is 0 Å². The number of aromatic nitrogens is 1. The monoisotopic (exact) mass is 173 g/mol. The average molecular weight is 173 g/mol. The van der Waals surface area contributed by atoms with Gasteiger partial charge < -0.3 is 4.98 Å². The minimum atomic E-state index is -3.28. The fourth-order valence-corrected chi connectivity index (χ4v) is 1.26. The molecule has 1 heterocycles. The maximum atomic E-state index is 10.8. The summed E-state index contributed by atoms with van der Waals surface area (Å²) in [7, 11) is -3.28. The number of rotatable bonds is 1. The zero-order chi connectivity index (χ0) is 8.48. The molecule has 0 atom stereocenters. The summed E-state index contributed by atoms with van der Waals surface area (Å²) in [5.41, 5.74) is -0.409. The second-order valence-corrected chi connectivity index (χ2v) is 4.14. The summed E-state index contributed by atoms with van der Waals surface area (Å²) in [6.07, 6.45) is 1.04. The Morgan fingerprint density at radius 3 is 2.36 bits per heavy atom. The summed E-state index contributed by atoms with van der Waals surface area (Å²) in [5.74, 6) is 0. The summed E-state index contributed by atoms with van der Waals surface area (Å²) < 4.78 is 21.6. The second-order valence-electron chi connectivity index (χ2n) is 2.15. The highest BCUT2D eigenvalue weighted by atomic mass is 32.2. The van der Waals surface area contributed by atoms with E-state index in [1.807, 2.05) is 0 Å². The maximum Gasteiger partial charge on any atom is 0.248 e. The Kier molecular flexibility index (Phi) is 1.82. The number of nitrogens with one attached hydrogen (secondary N) is 1. The van der Waals surface area contributed by atoms with E-state index in [-0.39, 0.29) is 5.03 Å². The van der Waals surface area contributed by atoms with Crippen LogP contribution in [0.3, 0.4) is 0 Å². The molecule has 1 rings (SSSR count). The van der Waals surface area contributed by atoms with E-state index in [9.17, 15) is 13.2 Å². The molecule has 60 valence electrons. The van der Waals surface area contributed by atoms with Gasteiger partial charge in [0.1, 0.15) is 5.03 Å². The van der Waals surface area contributed by atoms with Crippen molar-refractivity contribution in [2.24, 2.45) is 0 Å². The van der Waals surface area contributed by atoms with Crippen molar-refractivity contribution in [2.75, 3.05) is 6.26 Å². The van der Waals surface area contributed by atoms with Gasteiger partial charge in [0.25, 0.3) is 0 Å². The lowest BCUT2D eigenvalue weighted by Gasteiger charge is -1.94. The lowest BCUT2D eigenvalue weighted by Crippen LogP contribution is -2.09. The van der Waals surface area contributed by atoms with E-state index in [1.54, 1.807) is 0 Å². The lowest BCUT2D eigenvalue weighted by atomic mass is 10.5. The highest BCUT2D eigenvalue weighted by molar-refractivity contribution is 7.90. The Hall–Kier alpha value is -1.10. The van der Waals surface area contributed by atoms with Crippen LogP contribution in [0.4, 0.5) is 0 Å². The first-order valence-corrected chi connectivity index (χ1v) is 4.79. The van der Waals surface area contributed by atoms with Crippen molar-refractivity contribution >= 4 is 9.84 Å². The zero-order valence-corrected chi connectivity index (χ0v) is 6.68. The molecule has 0 saturated carbocycles. The van der Waals surface area contributed by atoms with E-state index >= 15 is 0 Å². The molecule has 0 radical (unpaired) electrons. The van der Waals surface area contributed by atoms with Gasteiger partial charge >= 0.3 is 0 Å². The lowest BCUT2D eigenvalue weighted by molar-refractivity contribution is 0.598. The molecule has 0 aliphatic rings. The second kappa shape index (κ2) is 2.50. The Morgan fingerprint density at radius 2 is 2.00 bits per heavy atom. The Morgan fingerprint density at radius 1 is 1.36 bits per heavy atom. The first-order chi connectivity index (χ1) is 5.00. The van der Waals surface area contributed by atoms with E-state index in [0.717, 1.165) is 6.26 Å². The third-order valence-corrected chi connectivity index (χ3v) is 2.18. The molecule has 0 aromatic carbocycles. The van der Waals surface area contributed by atoms with Crippen molar-refractivity contribution in [1.82, 2.24) is 4.98 Å². The van der Waals surface area contributed by atoms with Crippen LogP contribution in [0, 0.1) is 0 Å². The summed E-state index contributed by atoms with van der Waals surface area (Å²) in [4.78, 5) is 12.8. The van der Waals surface area contributed by atoms with E-state index < -0.39 is 15.4 Å². The fraction of sp³-hybridized carbons (Fsp3) is 0.167. The topological polar surface area (TPSA) is 67.0 Å². The normalized spacial score (nSPS) is 11.4. The van der Waals surface area contributed by atoms with E-state index in [0.29, 0.717) is 0 Å². The highest BCUT2D eigenvalue weighted by Crippen LogP contribution is 1.99. The molecular weight excluding hydrogens is 166 g/mol. The highest BCUT2D eigenvalue weighted by Gasteiger charge is 2.05. The van der Waals surface area contributed by atoms with Gasteiger partial charge in [-0.1, -0.05) is 6.07 Å². The van der Waals surface area contributed by atoms with Crippen LogP contribution in [0.5, 0.6) is 0 Å². The Balaban J connectivity index is 3.40. The van der Waals surface area contributed by atoms with E-state index in [1.165, 1.54) is 18.2 Å². The van der Waals surface area contributed by atoms with Gasteiger partial charge in [-0.25, -0.2) is 8.42 Å². The molecular formula is C6H7NO3S. The molecule has 0 saturated heterocycles. The molecule has 0 fully saturated rings. The number of pyridine rings is 1. The quantitative estimate of drug-likeness (QED) is 0.638. The number of H-pyrrole nitrogens is 1. The summed E-state index contributed by atoms with van der Waals surface area (Å²) in [5, 5.41) is -0.0509. The van der Waals surface area contributed by atoms with Gasteiger partial charge in [-0.05, 0) is 6.07 Å². The molecule has 0 amide bonds. The van der Waals surface area contributed by atoms with Crippen molar-refractivity contribution in [2.45, 2.75) is 5.03 Å². The Labute approximate surface area is 63.8 Å². The molecule has 0 bridgehead atoms. The first kappa shape index (κ1) is 8.00. The smallest absolute Gasteiger partial charge is 0.248 e. The molecule has 0 aliphatic carbocycles. The largest absolute Gasteiger partial charge is 0.313 e. The summed E-state index contributed by atoms with van der Waals surface area (Å²) >= 11 is 0. The molecule has 0 spiro atoms. The third-order valence-electron chi connectivity index (χ3n) is 1.14. The molecule has 0 unspecified atom stereocenters. The van der Waals surface area contributed by atoms with Gasteiger partial charge in [-0.15, -0.1) is 0 Å². The third kappa shape index (κ3) is 1.91. The molecule has 1 aromatic heterocycles. The average Bonchev–Trinajstić information content (AvgIpc) is 1.86. The molecule has 0 aliphatic heterocycles. The van der Waals surface area contributed by atoms with Crippen LogP contribution in [0.25, 0.3) is 0 Å². The molecule has 5 heteroatoms. The number of aromatic amines is 1. The van der Waals surface area contributed by atoms with Gasteiger partial charge in [-0.2, -0.15) is 0 Å². The summed E-state index contributed by atoms with van der Waals surface area (Å²) in [6, 6.07) is 4.00. The molecule has 1 aromatic rings. The minimum Gasteiger partial charge on any atom is -0.313 e. The maximum absolute atomic E-state index is 10.8. The van der Waals surface area contributed by atoms with Crippen molar-refractivity contribution in [3.63, 3.8) is 0 Å². The predicted octanol–water partition coefficient (Wildman–Crippen LogP) is -0.222. The number of hydrogen-bond acceptors (Lipinski definition) is 3. The van der Waals surface area contributed by atoms with E-state index in [4.69, 9.17) is 0 Å². The van der Waals surface area contributed by atoms with Crippen molar-refractivity contribution in [3.05, 3.63) is 28.6 Å². The standard InChI is InChI=1S/C6H7NO3S/c1-11(9,10)6-4-2-3-5(8)7-6/h2-4H,1H3,(H,7,8). The number of hydrogen-bond donors (Lipinski definition) is 1. The van der Waals surface area contributed by atoms with Crippen LogP contribution in [0.15, 0.2) is 28.0 Å². The Bertz CT molecular complexity index is 404. The molecule has 4 nitrogen and oxygen atoms in total.